The zero-order valence-corrected chi connectivity index (χ0v) is 12.9. The lowest BCUT2D eigenvalue weighted by atomic mass is 10.1. The number of pyridine rings is 1. The third-order valence-corrected chi connectivity index (χ3v) is 3.87. The number of nitrogens with zero attached hydrogens (tertiary/aromatic N) is 3. The van der Waals surface area contributed by atoms with E-state index in [2.05, 4.69) is 14.3 Å². The number of anilines is 2. The van der Waals surface area contributed by atoms with Crippen molar-refractivity contribution in [3.8, 4) is 11.1 Å². The van der Waals surface area contributed by atoms with E-state index in [0.29, 0.717) is 12.4 Å². The van der Waals surface area contributed by atoms with E-state index in [0.717, 1.165) is 22.7 Å². The van der Waals surface area contributed by atoms with Crippen LogP contribution in [0, 0.1) is 0 Å². The van der Waals surface area contributed by atoms with Gasteiger partial charge in [-0.3, -0.25) is 4.98 Å². The lowest BCUT2D eigenvalue weighted by Gasteiger charge is -2.19. The summed E-state index contributed by atoms with van der Waals surface area (Å²) in [5.74, 6) is 0.563. The van der Waals surface area contributed by atoms with Gasteiger partial charge in [0.2, 0.25) is 0 Å². The maximum Gasteiger partial charge on any atom is 0.147 e. The van der Waals surface area contributed by atoms with E-state index < -0.39 is 0 Å². The highest BCUT2D eigenvalue weighted by Gasteiger charge is 2.16. The molecule has 0 bridgehead atoms. The van der Waals surface area contributed by atoms with E-state index in [1.807, 2.05) is 33.0 Å². The van der Waals surface area contributed by atoms with Gasteiger partial charge in [-0.2, -0.15) is 4.37 Å². The van der Waals surface area contributed by atoms with Crippen LogP contribution in [0.3, 0.4) is 0 Å². The quantitative estimate of drug-likeness (QED) is 0.886. The molecule has 0 fully saturated rings. The Morgan fingerprint density at radius 1 is 1.35 bits per heavy atom. The maximum absolute atomic E-state index is 6.01. The second kappa shape index (κ2) is 6.67. The highest BCUT2D eigenvalue weighted by molar-refractivity contribution is 7.11. The Balaban J connectivity index is 2.17. The second-order valence-electron chi connectivity index (χ2n) is 4.82. The Hall–Kier alpha value is -1.66. The van der Waals surface area contributed by atoms with Gasteiger partial charge >= 0.3 is 0 Å². The van der Waals surface area contributed by atoms with Gasteiger partial charge in [0.1, 0.15) is 10.8 Å². The Labute approximate surface area is 123 Å². The molecule has 5 nitrogen and oxygen atoms in total. The smallest absolute Gasteiger partial charge is 0.147 e. The molecule has 108 valence electrons. The summed E-state index contributed by atoms with van der Waals surface area (Å²) >= 11 is 1.41. The lowest BCUT2D eigenvalue weighted by Crippen LogP contribution is -2.23. The van der Waals surface area contributed by atoms with Crippen molar-refractivity contribution < 1.29 is 4.74 Å². The molecule has 0 aliphatic heterocycles. The SMILES string of the molecule is CC(C)OCCN(C)c1snc(N)c1-c1ccncc1. The van der Waals surface area contributed by atoms with Crippen molar-refractivity contribution in [1.82, 2.24) is 9.36 Å². The molecule has 0 radical (unpaired) electrons. The van der Waals surface area contributed by atoms with E-state index in [1.54, 1.807) is 12.4 Å². The van der Waals surface area contributed by atoms with Gasteiger partial charge in [-0.25, -0.2) is 0 Å². The first-order chi connectivity index (χ1) is 9.59. The summed E-state index contributed by atoms with van der Waals surface area (Å²) in [6.07, 6.45) is 3.77. The first-order valence-corrected chi connectivity index (χ1v) is 7.35. The van der Waals surface area contributed by atoms with E-state index in [4.69, 9.17) is 10.5 Å². The molecule has 0 amide bonds. The third-order valence-electron chi connectivity index (χ3n) is 2.89. The predicted octanol–water partition coefficient (Wildman–Crippen LogP) is 2.65. The number of aromatic nitrogens is 2. The molecule has 0 atom stereocenters. The van der Waals surface area contributed by atoms with Crippen LogP contribution in [-0.2, 0) is 4.74 Å². The van der Waals surface area contributed by atoms with Crippen molar-refractivity contribution >= 4 is 22.4 Å². The van der Waals surface area contributed by atoms with Crippen LogP contribution < -0.4 is 10.6 Å². The van der Waals surface area contributed by atoms with Crippen molar-refractivity contribution in [2.24, 2.45) is 0 Å². The van der Waals surface area contributed by atoms with Crippen LogP contribution in [0.25, 0.3) is 11.1 Å². The van der Waals surface area contributed by atoms with E-state index >= 15 is 0 Å². The van der Waals surface area contributed by atoms with Crippen LogP contribution >= 0.6 is 11.5 Å². The van der Waals surface area contributed by atoms with Gasteiger partial charge in [0.05, 0.1) is 18.3 Å². The number of hydrogen-bond acceptors (Lipinski definition) is 6. The molecule has 2 N–H and O–H groups in total. The average molecular weight is 292 g/mol. The summed E-state index contributed by atoms with van der Waals surface area (Å²) in [5, 5.41) is 1.06. The number of rotatable bonds is 6. The van der Waals surface area contributed by atoms with Gasteiger partial charge in [-0.15, -0.1) is 0 Å². The fraction of sp³-hybridized carbons (Fsp3) is 0.429. The van der Waals surface area contributed by atoms with Crippen LogP contribution in [-0.4, -0.2) is 35.7 Å². The molecule has 0 aromatic carbocycles. The summed E-state index contributed by atoms with van der Waals surface area (Å²) < 4.78 is 9.86. The van der Waals surface area contributed by atoms with Gasteiger partial charge in [0.15, 0.2) is 0 Å². The van der Waals surface area contributed by atoms with Crippen molar-refractivity contribution in [1.29, 1.82) is 0 Å². The standard InChI is InChI=1S/C14H20N4OS/c1-10(2)19-9-8-18(3)14-12(13(15)17-20-14)11-4-6-16-7-5-11/h4-7,10H,8-9H2,1-3H3,(H2,15,17). The Kier molecular flexibility index (Phi) is 4.92. The maximum atomic E-state index is 6.01. The largest absolute Gasteiger partial charge is 0.382 e. The molecule has 2 aromatic rings. The normalized spacial score (nSPS) is 11.0. The molecule has 0 spiro atoms. The average Bonchev–Trinajstić information content (AvgIpc) is 2.81. The first-order valence-electron chi connectivity index (χ1n) is 6.58. The molecule has 2 aromatic heterocycles. The van der Waals surface area contributed by atoms with Crippen LogP contribution in [0.1, 0.15) is 13.8 Å². The molecule has 0 aliphatic carbocycles. The molecule has 0 saturated heterocycles. The summed E-state index contributed by atoms with van der Waals surface area (Å²) in [5.41, 5.74) is 8.03. The van der Waals surface area contributed by atoms with Crippen molar-refractivity contribution in [3.63, 3.8) is 0 Å². The highest BCUT2D eigenvalue weighted by atomic mass is 32.1. The van der Waals surface area contributed by atoms with Crippen molar-refractivity contribution in [2.75, 3.05) is 30.8 Å². The minimum Gasteiger partial charge on any atom is -0.382 e. The van der Waals surface area contributed by atoms with Gasteiger partial charge in [0.25, 0.3) is 0 Å². The van der Waals surface area contributed by atoms with E-state index in [9.17, 15) is 0 Å². The molecule has 6 heteroatoms. The molecule has 0 saturated carbocycles. The summed E-state index contributed by atoms with van der Waals surface area (Å²) in [6, 6.07) is 3.89. The minimum atomic E-state index is 0.245. The summed E-state index contributed by atoms with van der Waals surface area (Å²) in [4.78, 5) is 6.17. The van der Waals surface area contributed by atoms with Crippen LogP contribution in [0.2, 0.25) is 0 Å². The monoisotopic (exact) mass is 292 g/mol. The number of hydrogen-bond donors (Lipinski definition) is 1. The number of likely N-dealkylation sites (N-methyl/N-ethyl adjacent to an activating group) is 1. The van der Waals surface area contributed by atoms with E-state index in [-0.39, 0.29) is 6.10 Å². The molecule has 20 heavy (non-hydrogen) atoms. The van der Waals surface area contributed by atoms with Crippen molar-refractivity contribution in [3.05, 3.63) is 24.5 Å². The van der Waals surface area contributed by atoms with Gasteiger partial charge in [-0.1, -0.05) is 0 Å². The Morgan fingerprint density at radius 2 is 2.05 bits per heavy atom. The highest BCUT2D eigenvalue weighted by Crippen LogP contribution is 2.38. The lowest BCUT2D eigenvalue weighted by molar-refractivity contribution is 0.0846. The zero-order valence-electron chi connectivity index (χ0n) is 12.0. The zero-order chi connectivity index (χ0) is 14.5. The summed E-state index contributed by atoms with van der Waals surface area (Å²) in [7, 11) is 2.03. The fourth-order valence-corrected chi connectivity index (χ4v) is 2.69. The third kappa shape index (κ3) is 3.46. The van der Waals surface area contributed by atoms with Crippen LogP contribution in [0.4, 0.5) is 10.8 Å². The fourth-order valence-electron chi connectivity index (χ4n) is 1.87. The second-order valence-corrected chi connectivity index (χ2v) is 5.58. The Bertz CT molecular complexity index is 541. The van der Waals surface area contributed by atoms with Crippen LogP contribution in [0.15, 0.2) is 24.5 Å². The molecule has 0 unspecified atom stereocenters. The molecular weight excluding hydrogens is 272 g/mol. The van der Waals surface area contributed by atoms with Gasteiger partial charge < -0.3 is 15.4 Å². The number of ether oxygens (including phenoxy) is 1. The number of nitrogens with two attached hydrogens (primary N) is 1. The molecule has 2 heterocycles. The predicted molar refractivity (Wildman–Crippen MR) is 84.1 cm³/mol. The molecule has 0 aliphatic rings. The molecular formula is C14H20N4OS. The van der Waals surface area contributed by atoms with Gasteiger partial charge in [0, 0.05) is 26.0 Å². The first kappa shape index (κ1) is 14.7. The Morgan fingerprint density at radius 3 is 2.70 bits per heavy atom. The van der Waals surface area contributed by atoms with Crippen molar-refractivity contribution in [2.45, 2.75) is 20.0 Å². The van der Waals surface area contributed by atoms with Crippen LogP contribution in [0.5, 0.6) is 0 Å². The molecule has 2 rings (SSSR count). The summed E-state index contributed by atoms with van der Waals surface area (Å²) in [6.45, 7) is 5.56. The van der Waals surface area contributed by atoms with Gasteiger partial charge in [-0.05, 0) is 43.1 Å². The minimum absolute atomic E-state index is 0.245. The number of nitrogen functional groups attached to an aromatic ring is 1. The van der Waals surface area contributed by atoms with E-state index in [1.165, 1.54) is 11.5 Å². The topological polar surface area (TPSA) is 64.3 Å².